The normalized spacial score (nSPS) is 27.7. The van der Waals surface area contributed by atoms with Crippen molar-refractivity contribution in [3.63, 3.8) is 0 Å². The third-order valence-corrected chi connectivity index (χ3v) is 26.2. The molecule has 4 saturated heterocycles. The van der Waals surface area contributed by atoms with Gasteiger partial charge in [0.2, 0.25) is 0 Å². The van der Waals surface area contributed by atoms with E-state index in [1.807, 2.05) is 6.26 Å². The van der Waals surface area contributed by atoms with E-state index in [2.05, 4.69) is 189 Å². The lowest BCUT2D eigenvalue weighted by Gasteiger charge is -2.50. The van der Waals surface area contributed by atoms with Gasteiger partial charge in [-0.25, -0.2) is 0 Å². The molecule has 0 spiro atoms. The summed E-state index contributed by atoms with van der Waals surface area (Å²) < 4.78 is 56.8. The summed E-state index contributed by atoms with van der Waals surface area (Å²) in [7, 11) is -7.17. The highest BCUT2D eigenvalue weighted by atomic mass is 28.4. The summed E-state index contributed by atoms with van der Waals surface area (Å²) in [6.07, 6.45) is 7.86. The van der Waals surface area contributed by atoms with Gasteiger partial charge in [0, 0.05) is 27.5 Å². The van der Waals surface area contributed by atoms with E-state index in [1.165, 1.54) is 20.7 Å². The molecule has 4 aliphatic heterocycles. The molecule has 4 aromatic carbocycles. The van der Waals surface area contributed by atoms with Crippen molar-refractivity contribution in [2.24, 2.45) is 0 Å². The van der Waals surface area contributed by atoms with Crippen molar-refractivity contribution in [2.45, 2.75) is 177 Å². The molecule has 4 heterocycles. The number of fused-ring (bicyclic) bond motifs is 2. The summed E-state index contributed by atoms with van der Waals surface area (Å²) in [5.41, 5.74) is 0. The molecule has 0 saturated carbocycles. The maximum Gasteiger partial charge on any atom is 0.261 e. The monoisotopic (exact) mass is 977 g/mol. The van der Waals surface area contributed by atoms with Crippen LogP contribution in [0.25, 0.3) is 0 Å². The van der Waals surface area contributed by atoms with Gasteiger partial charge in [-0.3, -0.25) is 0 Å². The van der Waals surface area contributed by atoms with Crippen LogP contribution in [0.4, 0.5) is 0 Å². The zero-order chi connectivity index (χ0) is 48.0. The first-order valence-electron chi connectivity index (χ1n) is 25.6. The Labute approximate surface area is 411 Å². The summed E-state index contributed by atoms with van der Waals surface area (Å²) >= 11 is 0. The number of hydrogen-bond donors (Lipinski definition) is 0. The Morgan fingerprint density at radius 1 is 0.544 bits per heavy atom. The topological polar surface area (TPSA) is 73.8 Å². The van der Waals surface area contributed by atoms with Crippen LogP contribution in [-0.2, 0) is 37.3 Å². The fourth-order valence-corrected chi connectivity index (χ4v) is 21.4. The van der Waals surface area contributed by atoms with E-state index in [4.69, 9.17) is 37.3 Å². The standard InChI is InChI=1S/C57H80O8Si3/c1-56(2,3)67(43-24-14-10-15-25-43,44-26-16-11-17-27-44)61-42-54-53(65-68(57(4,5)6,45-28-18-12-19-29-45)46-30-20-13-21-31-46)40-52-49(63-54)34-33-48-50(62-52)35-38-60-55(64-48)41-51-47(32-22-36-59-51)58-37-23-39-66(7,8)9/h10-21,23-31,37,47-55H,22,32-36,38-42H2,1-9H3/b37-23-/t47-,48+,49-,50-,51+,52+,53-,54+,55?/m0/s1. The van der Waals surface area contributed by atoms with E-state index in [0.717, 1.165) is 44.8 Å². The Morgan fingerprint density at radius 2 is 1.06 bits per heavy atom. The fraction of sp³-hybridized carbons (Fsp3) is 0.544. The minimum absolute atomic E-state index is 0.0231. The van der Waals surface area contributed by atoms with Crippen LogP contribution in [0.15, 0.2) is 134 Å². The van der Waals surface area contributed by atoms with Gasteiger partial charge in [-0.15, -0.1) is 0 Å². The van der Waals surface area contributed by atoms with Crippen LogP contribution in [0.1, 0.15) is 86.5 Å². The zero-order valence-corrected chi connectivity index (χ0v) is 45.4. The van der Waals surface area contributed by atoms with Gasteiger partial charge >= 0.3 is 0 Å². The van der Waals surface area contributed by atoms with Crippen molar-refractivity contribution in [1.82, 2.24) is 0 Å². The summed E-state index contributed by atoms with van der Waals surface area (Å²) in [6, 6.07) is 44.9. The predicted octanol–water partition coefficient (Wildman–Crippen LogP) is 10.2. The van der Waals surface area contributed by atoms with E-state index in [9.17, 15) is 0 Å². The van der Waals surface area contributed by atoms with Gasteiger partial charge in [-0.05, 0) is 69.0 Å². The van der Waals surface area contributed by atoms with Gasteiger partial charge in [0.05, 0.1) is 56.1 Å². The minimum Gasteiger partial charge on any atom is -0.496 e. The highest BCUT2D eigenvalue weighted by Crippen LogP contribution is 2.43. The van der Waals surface area contributed by atoms with Crippen LogP contribution in [0.3, 0.4) is 0 Å². The smallest absolute Gasteiger partial charge is 0.261 e. The highest BCUT2D eigenvalue weighted by molar-refractivity contribution is 7.00. The Hall–Kier alpha value is -3.21. The Bertz CT molecular complexity index is 2100. The molecule has 0 N–H and O–H groups in total. The molecule has 8 rings (SSSR count). The zero-order valence-electron chi connectivity index (χ0n) is 42.4. The maximum atomic E-state index is 8.09. The number of hydrogen-bond acceptors (Lipinski definition) is 8. The van der Waals surface area contributed by atoms with E-state index in [0.29, 0.717) is 26.1 Å². The molecule has 4 aromatic rings. The number of allylic oxidation sites excluding steroid dienone is 1. The third kappa shape index (κ3) is 11.6. The van der Waals surface area contributed by atoms with E-state index < -0.39 is 31.0 Å². The third-order valence-electron chi connectivity index (χ3n) is 14.7. The van der Waals surface area contributed by atoms with Gasteiger partial charge in [0.25, 0.3) is 16.6 Å². The van der Waals surface area contributed by atoms with Crippen LogP contribution >= 0.6 is 0 Å². The molecule has 0 aromatic heterocycles. The van der Waals surface area contributed by atoms with E-state index in [-0.39, 0.29) is 58.9 Å². The van der Waals surface area contributed by atoms with Crippen molar-refractivity contribution in [1.29, 1.82) is 0 Å². The number of benzene rings is 4. The van der Waals surface area contributed by atoms with Crippen LogP contribution in [-0.4, -0.2) is 99.7 Å². The van der Waals surface area contributed by atoms with Crippen LogP contribution < -0.4 is 20.7 Å². The molecule has 68 heavy (non-hydrogen) atoms. The second-order valence-electron chi connectivity index (χ2n) is 22.9. The molecule has 368 valence electrons. The van der Waals surface area contributed by atoms with Gasteiger partial charge in [0.15, 0.2) is 6.29 Å². The van der Waals surface area contributed by atoms with Crippen LogP contribution in [0, 0.1) is 0 Å². The summed E-state index contributed by atoms with van der Waals surface area (Å²) in [4.78, 5) is 0. The minimum atomic E-state index is -3.03. The largest absolute Gasteiger partial charge is 0.496 e. The summed E-state index contributed by atoms with van der Waals surface area (Å²) in [5.74, 6) is 0. The first-order chi connectivity index (χ1) is 32.6. The first kappa shape index (κ1) is 51.2. The van der Waals surface area contributed by atoms with Gasteiger partial charge in [-0.1, -0.05) is 189 Å². The molecular formula is C57H80O8Si3. The molecule has 4 fully saturated rings. The second kappa shape index (κ2) is 22.1. The molecule has 0 aliphatic carbocycles. The highest BCUT2D eigenvalue weighted by Gasteiger charge is 2.56. The molecule has 11 heteroatoms. The summed E-state index contributed by atoms with van der Waals surface area (Å²) in [5, 5.41) is 4.55. The quantitative estimate of drug-likeness (QED) is 0.0862. The molecule has 8 nitrogen and oxygen atoms in total. The molecule has 4 aliphatic rings. The fourth-order valence-electron chi connectivity index (χ4n) is 11.3. The van der Waals surface area contributed by atoms with E-state index >= 15 is 0 Å². The van der Waals surface area contributed by atoms with Crippen LogP contribution in [0.2, 0.25) is 35.8 Å². The number of ether oxygens (including phenoxy) is 6. The maximum absolute atomic E-state index is 8.09. The molecule has 9 atom stereocenters. The van der Waals surface area contributed by atoms with E-state index in [1.54, 1.807) is 0 Å². The second-order valence-corrected chi connectivity index (χ2v) is 37.0. The molecule has 1 unspecified atom stereocenters. The number of rotatable bonds is 15. The van der Waals surface area contributed by atoms with Crippen molar-refractivity contribution in [2.75, 3.05) is 19.8 Å². The van der Waals surface area contributed by atoms with Crippen molar-refractivity contribution >= 4 is 45.5 Å². The lowest BCUT2D eigenvalue weighted by molar-refractivity contribution is -0.209. The Kier molecular flexibility index (Phi) is 16.6. The average Bonchev–Trinajstić information content (AvgIpc) is 3.61. The van der Waals surface area contributed by atoms with Crippen molar-refractivity contribution in [3.8, 4) is 0 Å². The van der Waals surface area contributed by atoms with Crippen molar-refractivity contribution in [3.05, 3.63) is 134 Å². The predicted molar refractivity (Wildman–Crippen MR) is 282 cm³/mol. The van der Waals surface area contributed by atoms with Gasteiger partial charge in [0.1, 0.15) is 12.2 Å². The van der Waals surface area contributed by atoms with Crippen LogP contribution in [0.5, 0.6) is 0 Å². The molecular weight excluding hydrogens is 897 g/mol. The molecule has 0 bridgehead atoms. The van der Waals surface area contributed by atoms with Gasteiger partial charge < -0.3 is 37.3 Å². The van der Waals surface area contributed by atoms with Crippen molar-refractivity contribution < 1.29 is 37.3 Å². The molecule has 0 radical (unpaired) electrons. The Balaban J connectivity index is 1.10. The Morgan fingerprint density at radius 3 is 1.59 bits per heavy atom. The average molecular weight is 978 g/mol. The SMILES string of the molecule is CC(C)(C)[Si](OC[C@H]1O[C@H]2CC[C@H]3OC(C[C@H]4OCCC[C@@H]4O/C=C\C[Si](C)(C)C)OCC[C@@H]3O[C@@H]2C[C@@H]1O[Si](c1ccccc1)(c1ccccc1)C(C)(C)C)(c1ccccc1)c1ccccc1. The lowest BCUT2D eigenvalue weighted by atomic mass is 9.95. The van der Waals surface area contributed by atoms with Gasteiger partial charge in [-0.2, -0.15) is 0 Å². The molecule has 0 amide bonds. The summed E-state index contributed by atoms with van der Waals surface area (Å²) in [6.45, 7) is 22.9. The lowest BCUT2D eigenvalue weighted by Crippen LogP contribution is -2.70. The first-order valence-corrected chi connectivity index (χ1v) is 33.1.